The van der Waals surface area contributed by atoms with E-state index in [0.29, 0.717) is 17.9 Å². The molecule has 0 radical (unpaired) electrons. The summed E-state index contributed by atoms with van der Waals surface area (Å²) in [5.41, 5.74) is 1.19. The van der Waals surface area contributed by atoms with E-state index in [9.17, 15) is 13.6 Å². The maximum Gasteiger partial charge on any atom is 0.273 e. The van der Waals surface area contributed by atoms with Crippen molar-refractivity contribution < 1.29 is 22.7 Å². The fraction of sp³-hybridized carbons (Fsp3) is 0.300. The molecule has 0 fully saturated rings. The van der Waals surface area contributed by atoms with Gasteiger partial charge in [-0.05, 0) is 31.5 Å². The van der Waals surface area contributed by atoms with Gasteiger partial charge in [0.2, 0.25) is 5.89 Å². The number of methoxy groups -OCH3 is 1. The summed E-state index contributed by atoms with van der Waals surface area (Å²) in [5.74, 6) is -1.46. The number of benzene rings is 1. The van der Waals surface area contributed by atoms with Crippen molar-refractivity contribution in [1.82, 2.24) is 10.3 Å². The number of hydrogen-bond acceptors (Lipinski definition) is 4. The van der Waals surface area contributed by atoms with Gasteiger partial charge in [-0.1, -0.05) is 18.2 Å². The highest BCUT2D eigenvalue weighted by atomic mass is 19.1. The molecule has 1 N–H and O–H groups in total. The minimum Gasteiger partial charge on any atom is -0.444 e. The minimum absolute atomic E-state index is 0.0532. The minimum atomic E-state index is -0.653. The second kappa shape index (κ2) is 7.84. The third kappa shape index (κ3) is 4.14. The first-order valence-corrected chi connectivity index (χ1v) is 8.51. The van der Waals surface area contributed by atoms with Crippen LogP contribution in [-0.2, 0) is 4.74 Å². The number of nitrogens with one attached hydrogen (secondary N) is 1. The lowest BCUT2D eigenvalue weighted by Gasteiger charge is -2.15. The van der Waals surface area contributed by atoms with Crippen molar-refractivity contribution in [2.75, 3.05) is 7.11 Å². The molecule has 1 aromatic carbocycles. The van der Waals surface area contributed by atoms with Crippen molar-refractivity contribution in [3.8, 4) is 0 Å². The zero-order chi connectivity index (χ0) is 19.6. The number of oxazole rings is 1. The molecule has 1 aliphatic carbocycles. The summed E-state index contributed by atoms with van der Waals surface area (Å²) in [4.78, 5) is 16.6. The van der Waals surface area contributed by atoms with Crippen molar-refractivity contribution in [1.29, 1.82) is 0 Å². The van der Waals surface area contributed by atoms with Crippen molar-refractivity contribution in [2.45, 2.75) is 32.4 Å². The normalized spacial score (nSPS) is 17.5. The molecule has 2 aromatic rings. The van der Waals surface area contributed by atoms with E-state index in [4.69, 9.17) is 9.15 Å². The third-order valence-electron chi connectivity index (χ3n) is 4.51. The Morgan fingerprint density at radius 2 is 2.07 bits per heavy atom. The Hall–Kier alpha value is -2.80. The van der Waals surface area contributed by atoms with E-state index in [1.807, 2.05) is 18.2 Å². The number of allylic oxidation sites excluding steroid dienone is 2. The first-order valence-electron chi connectivity index (χ1n) is 8.51. The molecule has 5 nitrogen and oxygen atoms in total. The van der Waals surface area contributed by atoms with Crippen LogP contribution < -0.4 is 5.32 Å². The molecule has 2 unspecified atom stereocenters. The van der Waals surface area contributed by atoms with E-state index in [1.54, 1.807) is 14.0 Å². The number of carbonyl (C=O) groups is 1. The van der Waals surface area contributed by atoms with E-state index in [1.165, 1.54) is 25.3 Å². The zero-order valence-electron chi connectivity index (χ0n) is 15.3. The first kappa shape index (κ1) is 19.0. The maximum atomic E-state index is 13.7. The van der Waals surface area contributed by atoms with Crippen LogP contribution in [0.2, 0.25) is 0 Å². The molecule has 1 amide bonds. The highest BCUT2D eigenvalue weighted by Crippen LogP contribution is 2.25. The molecule has 0 bridgehead atoms. The monoisotopic (exact) mass is 374 g/mol. The topological polar surface area (TPSA) is 64.4 Å². The summed E-state index contributed by atoms with van der Waals surface area (Å²) in [5, 5.41) is 2.67. The number of nitrogens with zero attached hydrogens (tertiary/aromatic N) is 1. The van der Waals surface area contributed by atoms with Crippen LogP contribution >= 0.6 is 0 Å². The highest BCUT2D eigenvalue weighted by Gasteiger charge is 2.20. The molecule has 0 saturated heterocycles. The molecule has 142 valence electrons. The molecule has 7 heteroatoms. The second-order valence-electron chi connectivity index (χ2n) is 6.40. The Labute approximate surface area is 155 Å². The molecule has 1 heterocycles. The van der Waals surface area contributed by atoms with Gasteiger partial charge in [-0.3, -0.25) is 4.79 Å². The number of halogens is 2. The molecule has 0 saturated carbocycles. The van der Waals surface area contributed by atoms with E-state index < -0.39 is 23.6 Å². The van der Waals surface area contributed by atoms with E-state index >= 15 is 0 Å². The molecular weight excluding hydrogens is 354 g/mol. The van der Waals surface area contributed by atoms with Gasteiger partial charge in [0.1, 0.15) is 17.9 Å². The van der Waals surface area contributed by atoms with Gasteiger partial charge in [0.15, 0.2) is 5.69 Å². The van der Waals surface area contributed by atoms with Gasteiger partial charge in [0.25, 0.3) is 5.91 Å². The first-order chi connectivity index (χ1) is 12.9. The smallest absolute Gasteiger partial charge is 0.273 e. The Balaban J connectivity index is 1.71. The predicted octanol–water partition coefficient (Wildman–Crippen LogP) is 4.11. The second-order valence-corrected chi connectivity index (χ2v) is 6.40. The van der Waals surface area contributed by atoms with Crippen LogP contribution in [-0.4, -0.2) is 24.1 Å². The lowest BCUT2D eigenvalue weighted by Crippen LogP contribution is -2.27. The van der Waals surface area contributed by atoms with Gasteiger partial charge < -0.3 is 14.5 Å². The number of ether oxygens (including phenoxy) is 1. The number of amides is 1. The number of aromatic nitrogens is 1. The molecule has 0 spiro atoms. The van der Waals surface area contributed by atoms with Crippen LogP contribution in [0.1, 0.15) is 46.9 Å². The van der Waals surface area contributed by atoms with Gasteiger partial charge in [-0.15, -0.1) is 0 Å². The Bertz CT molecular complexity index is 895. The molecule has 2 atom stereocenters. The molecule has 0 aliphatic heterocycles. The number of carbonyl (C=O) groups excluding carboxylic acids is 1. The van der Waals surface area contributed by atoms with Crippen LogP contribution in [0, 0.1) is 18.6 Å². The summed E-state index contributed by atoms with van der Waals surface area (Å²) in [6.07, 6.45) is 7.40. The van der Waals surface area contributed by atoms with Gasteiger partial charge in [-0.2, -0.15) is 0 Å². The van der Waals surface area contributed by atoms with Crippen molar-refractivity contribution in [2.24, 2.45) is 0 Å². The fourth-order valence-corrected chi connectivity index (χ4v) is 2.76. The van der Waals surface area contributed by atoms with Crippen LogP contribution in [0.3, 0.4) is 0 Å². The van der Waals surface area contributed by atoms with E-state index in [-0.39, 0.29) is 17.4 Å². The lowest BCUT2D eigenvalue weighted by molar-refractivity contribution is 0.0934. The van der Waals surface area contributed by atoms with E-state index in [2.05, 4.69) is 10.3 Å². The summed E-state index contributed by atoms with van der Waals surface area (Å²) >= 11 is 0. The van der Waals surface area contributed by atoms with Gasteiger partial charge in [-0.25, -0.2) is 13.8 Å². The number of rotatable bonds is 5. The summed E-state index contributed by atoms with van der Waals surface area (Å²) in [6.45, 7) is 3.00. The average molecular weight is 374 g/mol. The largest absolute Gasteiger partial charge is 0.444 e. The summed E-state index contributed by atoms with van der Waals surface area (Å²) < 4.78 is 38.2. The standard InChI is InChI=1S/C20H20F2N2O3/c1-11-16(21)8-14(9-17(11)22)12(2)23-19(25)18-10-27-20(24-18)13-5-4-6-15(7-13)26-3/h4-6,8-10,12,15H,7H2,1-3H3,(H,23,25). The molecular formula is C20H20F2N2O3. The van der Waals surface area contributed by atoms with Crippen molar-refractivity contribution >= 4 is 11.5 Å². The molecule has 27 heavy (non-hydrogen) atoms. The number of hydrogen-bond donors (Lipinski definition) is 1. The lowest BCUT2D eigenvalue weighted by atomic mass is 10.0. The van der Waals surface area contributed by atoms with Gasteiger partial charge in [0, 0.05) is 24.7 Å². The quantitative estimate of drug-likeness (QED) is 0.855. The summed E-state index contributed by atoms with van der Waals surface area (Å²) in [6, 6.07) is 1.82. The molecule has 1 aromatic heterocycles. The predicted molar refractivity (Wildman–Crippen MR) is 96.0 cm³/mol. The van der Waals surface area contributed by atoms with Crippen LogP contribution in [0.25, 0.3) is 5.57 Å². The third-order valence-corrected chi connectivity index (χ3v) is 4.51. The zero-order valence-corrected chi connectivity index (χ0v) is 15.3. The van der Waals surface area contributed by atoms with Crippen LogP contribution in [0.4, 0.5) is 8.78 Å². The van der Waals surface area contributed by atoms with Gasteiger partial charge >= 0.3 is 0 Å². The highest BCUT2D eigenvalue weighted by molar-refractivity contribution is 5.92. The fourth-order valence-electron chi connectivity index (χ4n) is 2.76. The van der Waals surface area contributed by atoms with Crippen molar-refractivity contribution in [3.63, 3.8) is 0 Å². The molecule has 3 rings (SSSR count). The van der Waals surface area contributed by atoms with Crippen LogP contribution in [0.5, 0.6) is 0 Å². The van der Waals surface area contributed by atoms with Gasteiger partial charge in [0.05, 0.1) is 12.1 Å². The Kier molecular flexibility index (Phi) is 5.51. The SMILES string of the molecule is COC1C=CC=C(c2nc(C(=O)NC(C)c3cc(F)c(C)c(F)c3)co2)C1. The maximum absolute atomic E-state index is 13.7. The van der Waals surface area contributed by atoms with Crippen molar-refractivity contribution in [3.05, 3.63) is 71.0 Å². The Morgan fingerprint density at radius 3 is 2.74 bits per heavy atom. The van der Waals surface area contributed by atoms with E-state index in [0.717, 1.165) is 5.57 Å². The summed E-state index contributed by atoms with van der Waals surface area (Å²) in [7, 11) is 1.62. The molecule has 1 aliphatic rings. The Morgan fingerprint density at radius 1 is 1.37 bits per heavy atom. The van der Waals surface area contributed by atoms with Crippen LogP contribution in [0.15, 0.2) is 41.0 Å². The average Bonchev–Trinajstić information content (AvgIpc) is 3.16.